The normalized spacial score (nSPS) is 15.6. The molecule has 226 valence electrons. The van der Waals surface area contributed by atoms with Crippen LogP contribution in [0.25, 0.3) is 11.3 Å². The number of nitrogens with one attached hydrogen (secondary N) is 1. The van der Waals surface area contributed by atoms with Crippen molar-refractivity contribution in [1.29, 1.82) is 0 Å². The number of anilines is 1. The minimum Gasteiger partial charge on any atom is -0.497 e. The summed E-state index contributed by atoms with van der Waals surface area (Å²) in [5, 5.41) is 7.43. The molecule has 1 fully saturated rings. The third-order valence-electron chi connectivity index (χ3n) is 7.15. The molecule has 1 unspecified atom stereocenters. The average molecular weight is 613 g/mol. The van der Waals surface area contributed by atoms with Gasteiger partial charge in [-0.3, -0.25) is 9.48 Å². The van der Waals surface area contributed by atoms with E-state index in [-0.39, 0.29) is 17.8 Å². The summed E-state index contributed by atoms with van der Waals surface area (Å²) in [4.78, 5) is 14.2. The van der Waals surface area contributed by atoms with Gasteiger partial charge in [-0.05, 0) is 60.3 Å². The molecular weight excluding hydrogens is 581 g/mol. The molecule has 4 aromatic rings. The zero-order chi connectivity index (χ0) is 30.8. The second-order valence-electron chi connectivity index (χ2n) is 10.1. The first-order valence-corrected chi connectivity index (χ1v) is 15.1. The molecule has 1 N–H and O–H groups in total. The number of carbonyl (C=O) groups is 1. The van der Waals surface area contributed by atoms with Crippen molar-refractivity contribution < 1.29 is 31.6 Å². The molecule has 0 saturated carbocycles. The molecule has 1 atom stereocenters. The minimum absolute atomic E-state index is 0.160. The van der Waals surface area contributed by atoms with E-state index in [2.05, 4.69) is 16.3 Å². The van der Waals surface area contributed by atoms with Crippen molar-refractivity contribution in [1.82, 2.24) is 14.1 Å². The number of alkyl halides is 3. The number of rotatable bonds is 8. The fourth-order valence-electron chi connectivity index (χ4n) is 4.86. The summed E-state index contributed by atoms with van der Waals surface area (Å²) in [6.07, 6.45) is -2.95. The highest BCUT2D eigenvalue weighted by Crippen LogP contribution is 2.32. The molecule has 3 aromatic carbocycles. The van der Waals surface area contributed by atoms with Crippen LogP contribution in [0, 0.1) is 6.92 Å². The summed E-state index contributed by atoms with van der Waals surface area (Å²) in [6, 6.07) is 17.0. The predicted molar refractivity (Wildman–Crippen MR) is 160 cm³/mol. The SMILES string of the molecule is C=S(=O)(c1cc(NC(=O)c2cn(Cc3cccc(OC)c3)nc2-c2ccc(C(F)(F)F)cc2)ccc1C)N1CCOCC1. The molecular formula is C31H31F3N4O4S. The van der Waals surface area contributed by atoms with Crippen LogP contribution in [-0.4, -0.2) is 63.5 Å². The van der Waals surface area contributed by atoms with Gasteiger partial charge in [0.25, 0.3) is 5.91 Å². The number of halogens is 3. The molecule has 1 aromatic heterocycles. The van der Waals surface area contributed by atoms with E-state index in [1.807, 2.05) is 25.1 Å². The number of nitrogens with zero attached hydrogens (tertiary/aromatic N) is 3. The lowest BCUT2D eigenvalue weighted by Gasteiger charge is -2.30. The number of aromatic nitrogens is 2. The van der Waals surface area contributed by atoms with Crippen LogP contribution in [0.4, 0.5) is 18.9 Å². The lowest BCUT2D eigenvalue weighted by molar-refractivity contribution is -0.137. The Balaban J connectivity index is 1.48. The van der Waals surface area contributed by atoms with Crippen molar-refractivity contribution in [3.05, 3.63) is 95.2 Å². The first-order chi connectivity index (χ1) is 20.5. The van der Waals surface area contributed by atoms with Gasteiger partial charge in [-0.25, -0.2) is 8.51 Å². The summed E-state index contributed by atoms with van der Waals surface area (Å²) in [7, 11) is -1.28. The Morgan fingerprint density at radius 3 is 2.49 bits per heavy atom. The van der Waals surface area contributed by atoms with Gasteiger partial charge in [-0.2, -0.15) is 18.3 Å². The molecule has 43 heavy (non-hydrogen) atoms. The number of hydrogen-bond acceptors (Lipinski definition) is 5. The van der Waals surface area contributed by atoms with E-state index in [4.69, 9.17) is 9.47 Å². The van der Waals surface area contributed by atoms with Gasteiger partial charge in [0.05, 0.1) is 47.7 Å². The molecule has 0 bridgehead atoms. The number of aryl methyl sites for hydroxylation is 1. The third kappa shape index (κ3) is 6.76. The molecule has 1 aliphatic heterocycles. The van der Waals surface area contributed by atoms with Gasteiger partial charge in [-0.1, -0.05) is 30.3 Å². The second-order valence-corrected chi connectivity index (χ2v) is 12.4. The number of amides is 1. The van der Waals surface area contributed by atoms with Gasteiger partial charge in [-0.15, -0.1) is 0 Å². The van der Waals surface area contributed by atoms with Crippen molar-refractivity contribution in [3.8, 4) is 17.0 Å². The average Bonchev–Trinajstić information content (AvgIpc) is 3.42. The monoisotopic (exact) mass is 612 g/mol. The lowest BCUT2D eigenvalue weighted by atomic mass is 10.1. The van der Waals surface area contributed by atoms with E-state index >= 15 is 0 Å². The Kier molecular flexibility index (Phi) is 8.63. The summed E-state index contributed by atoms with van der Waals surface area (Å²) < 4.78 is 67.4. The highest BCUT2D eigenvalue weighted by atomic mass is 32.2. The van der Waals surface area contributed by atoms with Crippen LogP contribution in [0.3, 0.4) is 0 Å². The number of hydrogen-bond donors (Lipinski definition) is 1. The molecule has 1 saturated heterocycles. The Hall–Kier alpha value is -4.13. The second kappa shape index (κ2) is 12.2. The van der Waals surface area contributed by atoms with E-state index in [0.29, 0.717) is 48.2 Å². The fraction of sp³-hybridized carbons (Fsp3) is 0.258. The van der Waals surface area contributed by atoms with Crippen LogP contribution in [0.5, 0.6) is 5.75 Å². The van der Waals surface area contributed by atoms with Gasteiger partial charge < -0.3 is 14.8 Å². The Bertz CT molecular complexity index is 1730. The predicted octanol–water partition coefficient (Wildman–Crippen LogP) is 5.51. The fourth-order valence-corrected chi connectivity index (χ4v) is 6.76. The number of morpholine rings is 1. The summed E-state index contributed by atoms with van der Waals surface area (Å²) in [5.74, 6) is 4.15. The van der Waals surface area contributed by atoms with Crippen molar-refractivity contribution in [3.63, 3.8) is 0 Å². The molecule has 1 amide bonds. The van der Waals surface area contributed by atoms with Crippen LogP contribution in [-0.2, 0) is 27.2 Å². The van der Waals surface area contributed by atoms with Crippen molar-refractivity contribution in [2.45, 2.75) is 24.5 Å². The van der Waals surface area contributed by atoms with E-state index < -0.39 is 27.4 Å². The van der Waals surface area contributed by atoms with E-state index in [0.717, 1.165) is 23.3 Å². The maximum absolute atomic E-state index is 13.8. The van der Waals surface area contributed by atoms with Gasteiger partial charge >= 0.3 is 6.18 Å². The smallest absolute Gasteiger partial charge is 0.416 e. The summed E-state index contributed by atoms with van der Waals surface area (Å²) in [5.41, 5.74) is 1.94. The van der Waals surface area contributed by atoms with Crippen molar-refractivity contribution >= 4 is 27.2 Å². The van der Waals surface area contributed by atoms with Crippen LogP contribution < -0.4 is 10.1 Å². The highest BCUT2D eigenvalue weighted by Gasteiger charge is 2.30. The number of ether oxygens (including phenoxy) is 2. The first kappa shape index (κ1) is 30.3. The molecule has 2 heterocycles. The lowest BCUT2D eigenvalue weighted by Crippen LogP contribution is -2.40. The van der Waals surface area contributed by atoms with E-state index in [1.54, 1.807) is 46.6 Å². The van der Waals surface area contributed by atoms with Gasteiger partial charge in [0.15, 0.2) is 0 Å². The number of benzene rings is 3. The minimum atomic E-state index is -4.50. The zero-order valence-electron chi connectivity index (χ0n) is 23.7. The van der Waals surface area contributed by atoms with E-state index in [1.165, 1.54) is 12.1 Å². The molecule has 5 rings (SSSR count). The van der Waals surface area contributed by atoms with Crippen LogP contribution in [0.15, 0.2) is 77.8 Å². The Morgan fingerprint density at radius 1 is 1.09 bits per heavy atom. The molecule has 8 nitrogen and oxygen atoms in total. The summed E-state index contributed by atoms with van der Waals surface area (Å²) in [6.45, 7) is 3.97. The van der Waals surface area contributed by atoms with Crippen molar-refractivity contribution in [2.24, 2.45) is 0 Å². The molecule has 0 spiro atoms. The van der Waals surface area contributed by atoms with E-state index in [9.17, 15) is 22.2 Å². The zero-order valence-corrected chi connectivity index (χ0v) is 24.5. The largest absolute Gasteiger partial charge is 0.497 e. The maximum atomic E-state index is 13.8. The molecule has 1 aliphatic rings. The van der Waals surface area contributed by atoms with Gasteiger partial charge in [0, 0.05) is 35.4 Å². The molecule has 0 aliphatic carbocycles. The Morgan fingerprint density at radius 2 is 1.81 bits per heavy atom. The van der Waals surface area contributed by atoms with Crippen LogP contribution >= 0.6 is 0 Å². The maximum Gasteiger partial charge on any atom is 0.416 e. The first-order valence-electron chi connectivity index (χ1n) is 13.5. The Labute approximate surface area is 248 Å². The van der Waals surface area contributed by atoms with Crippen LogP contribution in [0.1, 0.15) is 27.0 Å². The van der Waals surface area contributed by atoms with Gasteiger partial charge in [0.1, 0.15) is 11.4 Å². The third-order valence-corrected chi connectivity index (χ3v) is 9.47. The number of methoxy groups -OCH3 is 1. The van der Waals surface area contributed by atoms with Gasteiger partial charge in [0.2, 0.25) is 0 Å². The summed E-state index contributed by atoms with van der Waals surface area (Å²) >= 11 is 0. The standard InChI is InChI=1S/C31H31F3N4O4S/c1-21-7-12-25(18-28(21)43(3,40)38-13-15-42-16-14-38)35-30(39)27-20-37(19-22-5-4-6-26(17-22)41-2)36-29(27)23-8-10-24(11-9-23)31(32,33)34/h4-12,17-18,20H,3,13-16,19H2,1-2H3,(H,35,39). The topological polar surface area (TPSA) is 85.7 Å². The quantitative estimate of drug-likeness (QED) is 0.266. The number of carbonyl (C=O) groups excluding carboxylic acids is 1. The van der Waals surface area contributed by atoms with Crippen LogP contribution in [0.2, 0.25) is 0 Å². The molecule has 12 heteroatoms. The molecule has 0 radical (unpaired) electrons. The highest BCUT2D eigenvalue weighted by molar-refractivity contribution is 7.98. The van der Waals surface area contributed by atoms with Crippen molar-refractivity contribution in [2.75, 3.05) is 38.7 Å².